The summed E-state index contributed by atoms with van der Waals surface area (Å²) in [7, 11) is 0. The number of rotatable bonds is 3. The highest BCUT2D eigenvalue weighted by molar-refractivity contribution is 9.08. The Morgan fingerprint density at radius 1 is 1.06 bits per heavy atom. The molecule has 0 N–H and O–H groups in total. The number of hydrogen-bond donors (Lipinski definition) is 0. The normalized spacial score (nSPS) is 10.4. The first-order chi connectivity index (χ1) is 8.60. The van der Waals surface area contributed by atoms with Crippen molar-refractivity contribution in [3.63, 3.8) is 0 Å². The highest BCUT2D eigenvalue weighted by Gasteiger charge is 2.08. The summed E-state index contributed by atoms with van der Waals surface area (Å²) >= 11 is 3.25. The van der Waals surface area contributed by atoms with Gasteiger partial charge in [-0.1, -0.05) is 28.1 Å². The van der Waals surface area contributed by atoms with Crippen molar-refractivity contribution >= 4 is 15.9 Å². The minimum Gasteiger partial charge on any atom is -0.454 e. The highest BCUT2D eigenvalue weighted by Crippen LogP contribution is 2.28. The maximum Gasteiger partial charge on any atom is 0.166 e. The van der Waals surface area contributed by atoms with Crippen LogP contribution in [0.15, 0.2) is 36.4 Å². The second-order valence-corrected chi connectivity index (χ2v) is 4.47. The van der Waals surface area contributed by atoms with Gasteiger partial charge in [-0.3, -0.25) is 0 Å². The summed E-state index contributed by atoms with van der Waals surface area (Å²) in [6, 6.07) is 8.85. The van der Waals surface area contributed by atoms with Crippen molar-refractivity contribution in [3.8, 4) is 11.5 Å². The van der Waals surface area contributed by atoms with E-state index in [0.717, 1.165) is 11.1 Å². The summed E-state index contributed by atoms with van der Waals surface area (Å²) in [5, 5.41) is 0.573. The maximum absolute atomic E-state index is 13.7. The molecule has 4 heteroatoms. The minimum atomic E-state index is -0.462. The third-order valence-electron chi connectivity index (χ3n) is 2.52. The fourth-order valence-corrected chi connectivity index (χ4v) is 1.86. The van der Waals surface area contributed by atoms with E-state index in [1.807, 2.05) is 0 Å². The number of aryl methyl sites for hydroxylation is 1. The molecule has 0 radical (unpaired) electrons. The minimum absolute atomic E-state index is 0.0911. The van der Waals surface area contributed by atoms with E-state index in [9.17, 15) is 8.78 Å². The van der Waals surface area contributed by atoms with Gasteiger partial charge in [0.1, 0.15) is 11.6 Å². The first-order valence-electron chi connectivity index (χ1n) is 5.38. The van der Waals surface area contributed by atoms with Crippen LogP contribution in [0.25, 0.3) is 0 Å². The predicted octanol–water partition coefficient (Wildman–Crippen LogP) is 4.96. The van der Waals surface area contributed by atoms with Gasteiger partial charge in [0.15, 0.2) is 11.6 Å². The number of hydrogen-bond acceptors (Lipinski definition) is 1. The van der Waals surface area contributed by atoms with Gasteiger partial charge in [-0.05, 0) is 36.2 Å². The van der Waals surface area contributed by atoms with E-state index in [2.05, 4.69) is 15.9 Å². The van der Waals surface area contributed by atoms with Crippen molar-refractivity contribution in [2.24, 2.45) is 0 Å². The van der Waals surface area contributed by atoms with Crippen LogP contribution < -0.4 is 4.74 Å². The molecule has 0 spiro atoms. The molecule has 0 amide bonds. The fraction of sp³-hybridized carbons (Fsp3) is 0.143. The molecular formula is C14H11BrF2O. The zero-order valence-electron chi connectivity index (χ0n) is 9.71. The average Bonchev–Trinajstić information content (AvgIpc) is 2.36. The molecule has 0 fully saturated rings. The van der Waals surface area contributed by atoms with Gasteiger partial charge in [0.2, 0.25) is 0 Å². The molecule has 0 aromatic heterocycles. The second-order valence-electron chi connectivity index (χ2n) is 3.91. The van der Waals surface area contributed by atoms with E-state index in [1.165, 1.54) is 24.3 Å². The maximum atomic E-state index is 13.7. The lowest BCUT2D eigenvalue weighted by molar-refractivity contribution is 0.435. The summed E-state index contributed by atoms with van der Waals surface area (Å²) < 4.78 is 32.2. The summed E-state index contributed by atoms with van der Waals surface area (Å²) in [5.41, 5.74) is 1.57. The molecule has 0 atom stereocenters. The Morgan fingerprint density at radius 3 is 2.50 bits per heavy atom. The largest absolute Gasteiger partial charge is 0.454 e. The molecule has 94 valence electrons. The number of halogens is 3. The molecule has 0 aliphatic carbocycles. The number of benzene rings is 2. The third-order valence-corrected chi connectivity index (χ3v) is 3.17. The summed E-state index contributed by atoms with van der Waals surface area (Å²) in [5.74, 6) is -0.461. The van der Waals surface area contributed by atoms with Crippen LogP contribution in [0.2, 0.25) is 0 Å². The van der Waals surface area contributed by atoms with Crippen molar-refractivity contribution in [1.82, 2.24) is 0 Å². The molecule has 1 nitrogen and oxygen atoms in total. The zero-order valence-corrected chi connectivity index (χ0v) is 11.3. The van der Waals surface area contributed by atoms with Gasteiger partial charge in [-0.25, -0.2) is 8.78 Å². The lowest BCUT2D eigenvalue weighted by atomic mass is 10.2. The Kier molecular flexibility index (Phi) is 3.97. The van der Waals surface area contributed by atoms with Crippen LogP contribution in [-0.4, -0.2) is 0 Å². The van der Waals surface area contributed by atoms with Gasteiger partial charge >= 0.3 is 0 Å². The lowest BCUT2D eigenvalue weighted by Crippen LogP contribution is -1.92. The topological polar surface area (TPSA) is 9.23 Å². The van der Waals surface area contributed by atoms with Crippen LogP contribution >= 0.6 is 15.9 Å². The summed E-state index contributed by atoms with van der Waals surface area (Å²) in [6.45, 7) is 1.78. The van der Waals surface area contributed by atoms with E-state index >= 15 is 0 Å². The smallest absolute Gasteiger partial charge is 0.166 e. The molecule has 0 heterocycles. The van der Waals surface area contributed by atoms with Crippen LogP contribution in [0.4, 0.5) is 8.78 Å². The summed E-state index contributed by atoms with van der Waals surface area (Å²) in [6.07, 6.45) is 0. The number of alkyl halides is 1. The molecule has 18 heavy (non-hydrogen) atoms. The Bertz CT molecular complexity index is 570. The molecular weight excluding hydrogens is 302 g/mol. The average molecular weight is 313 g/mol. The van der Waals surface area contributed by atoms with Crippen molar-refractivity contribution < 1.29 is 13.5 Å². The van der Waals surface area contributed by atoms with Crippen LogP contribution in [-0.2, 0) is 5.33 Å². The predicted molar refractivity (Wildman–Crippen MR) is 70.2 cm³/mol. The van der Waals surface area contributed by atoms with Crippen LogP contribution in [0.5, 0.6) is 11.5 Å². The Hall–Kier alpha value is -1.42. The van der Waals surface area contributed by atoms with Gasteiger partial charge in [0.25, 0.3) is 0 Å². The molecule has 0 unspecified atom stereocenters. The van der Waals surface area contributed by atoms with Crippen molar-refractivity contribution in [2.45, 2.75) is 12.3 Å². The van der Waals surface area contributed by atoms with Crippen molar-refractivity contribution in [2.75, 3.05) is 0 Å². The van der Waals surface area contributed by atoms with Crippen LogP contribution in [0, 0.1) is 18.6 Å². The molecule has 2 rings (SSSR count). The SMILES string of the molecule is Cc1ccc(F)cc1Oc1ccc(CBr)cc1F. The van der Waals surface area contributed by atoms with E-state index in [-0.39, 0.29) is 5.75 Å². The lowest BCUT2D eigenvalue weighted by Gasteiger charge is -2.10. The molecule has 2 aromatic carbocycles. The van der Waals surface area contributed by atoms with Gasteiger partial charge in [0.05, 0.1) is 0 Å². The second kappa shape index (κ2) is 5.48. The zero-order chi connectivity index (χ0) is 13.1. The molecule has 0 aliphatic heterocycles. The molecule has 0 saturated heterocycles. The van der Waals surface area contributed by atoms with Gasteiger partial charge in [-0.15, -0.1) is 0 Å². The van der Waals surface area contributed by atoms with E-state index < -0.39 is 11.6 Å². The highest BCUT2D eigenvalue weighted by atomic mass is 79.9. The molecule has 2 aromatic rings. The van der Waals surface area contributed by atoms with Crippen LogP contribution in [0.1, 0.15) is 11.1 Å². The quantitative estimate of drug-likeness (QED) is 0.728. The Labute approximate surface area is 113 Å². The monoisotopic (exact) mass is 312 g/mol. The molecule has 0 bridgehead atoms. The standard InChI is InChI=1S/C14H11BrF2O/c1-9-2-4-11(16)7-14(9)18-13-5-3-10(8-15)6-12(13)17/h2-7H,8H2,1H3. The Balaban J connectivity index is 2.31. The van der Waals surface area contributed by atoms with Gasteiger partial charge in [0, 0.05) is 11.4 Å². The third kappa shape index (κ3) is 2.88. The summed E-state index contributed by atoms with van der Waals surface area (Å²) in [4.78, 5) is 0. The van der Waals surface area contributed by atoms with Gasteiger partial charge in [-0.2, -0.15) is 0 Å². The fourth-order valence-electron chi connectivity index (χ4n) is 1.51. The molecule has 0 saturated carbocycles. The first-order valence-corrected chi connectivity index (χ1v) is 6.50. The van der Waals surface area contributed by atoms with E-state index in [0.29, 0.717) is 11.1 Å². The molecule has 0 aliphatic rings. The Morgan fingerprint density at radius 2 is 1.83 bits per heavy atom. The first kappa shape index (κ1) is 13.0. The van der Waals surface area contributed by atoms with Crippen molar-refractivity contribution in [1.29, 1.82) is 0 Å². The number of ether oxygens (including phenoxy) is 1. The van der Waals surface area contributed by atoms with E-state index in [4.69, 9.17) is 4.74 Å². The van der Waals surface area contributed by atoms with Gasteiger partial charge < -0.3 is 4.74 Å². The van der Waals surface area contributed by atoms with Crippen molar-refractivity contribution in [3.05, 3.63) is 59.2 Å². The van der Waals surface area contributed by atoms with E-state index in [1.54, 1.807) is 19.1 Å². The van der Waals surface area contributed by atoms with Crippen LogP contribution in [0.3, 0.4) is 0 Å².